The van der Waals surface area contributed by atoms with E-state index in [4.69, 9.17) is 4.74 Å². The zero-order valence-corrected chi connectivity index (χ0v) is 13.9. The molecule has 3 heterocycles. The third-order valence-corrected chi connectivity index (χ3v) is 4.63. The molecular weight excluding hydrogens is 340 g/mol. The molecule has 3 aromatic rings. The van der Waals surface area contributed by atoms with Crippen molar-refractivity contribution in [1.29, 1.82) is 0 Å². The zero-order chi connectivity index (χ0) is 17.2. The van der Waals surface area contributed by atoms with Crippen molar-refractivity contribution in [3.8, 4) is 16.9 Å². The Morgan fingerprint density at radius 3 is 2.80 bits per heavy atom. The summed E-state index contributed by atoms with van der Waals surface area (Å²) < 4.78 is 6.50. The maximum Gasteiger partial charge on any atom is 0.328 e. The number of thiophene rings is 1. The minimum atomic E-state index is -0.560. The van der Waals surface area contributed by atoms with Crippen LogP contribution < -0.4 is 5.32 Å². The van der Waals surface area contributed by atoms with Gasteiger partial charge in [-0.2, -0.15) is 11.3 Å². The number of aromatic nitrogens is 3. The largest absolute Gasteiger partial charge is 0.464 e. The van der Waals surface area contributed by atoms with Crippen LogP contribution in [-0.2, 0) is 9.53 Å². The number of carbonyl (C=O) groups excluding carboxylic acids is 2. The Kier molecular flexibility index (Phi) is 4.02. The quantitative estimate of drug-likeness (QED) is 0.725. The first-order valence-electron chi connectivity index (χ1n) is 7.73. The molecule has 1 atom stereocenters. The lowest BCUT2D eigenvalue weighted by Crippen LogP contribution is -2.37. The number of nitrogens with zero attached hydrogens (tertiary/aromatic N) is 3. The SMILES string of the molecule is O=C(N[C@H]1CCOC1=O)c1ccc(-n2cc(-c3ccsc3)nn2)cc1. The van der Waals surface area contributed by atoms with E-state index in [1.807, 2.05) is 23.0 Å². The van der Waals surface area contributed by atoms with Crippen LogP contribution in [0.25, 0.3) is 16.9 Å². The molecule has 1 aliphatic heterocycles. The smallest absolute Gasteiger partial charge is 0.328 e. The van der Waals surface area contributed by atoms with Gasteiger partial charge in [0.05, 0.1) is 18.5 Å². The molecular formula is C17H14N4O3S. The highest BCUT2D eigenvalue weighted by atomic mass is 32.1. The number of ether oxygens (including phenoxy) is 1. The van der Waals surface area contributed by atoms with Crippen LogP contribution in [-0.4, -0.2) is 39.5 Å². The second-order valence-corrected chi connectivity index (χ2v) is 6.37. The lowest BCUT2D eigenvalue weighted by Gasteiger charge is -2.09. The predicted molar refractivity (Wildman–Crippen MR) is 91.5 cm³/mol. The van der Waals surface area contributed by atoms with Crippen LogP contribution in [0.2, 0.25) is 0 Å². The molecule has 0 aliphatic carbocycles. The second-order valence-electron chi connectivity index (χ2n) is 5.59. The standard InChI is InChI=1S/C17H14N4O3S/c22-16(18-14-5-7-24-17(14)23)11-1-3-13(4-2-11)21-9-15(19-20-21)12-6-8-25-10-12/h1-4,6,8-10,14H,5,7H2,(H,18,22)/t14-/m0/s1. The molecule has 1 amide bonds. The van der Waals surface area contributed by atoms with Crippen LogP contribution in [0, 0.1) is 0 Å². The van der Waals surface area contributed by atoms with Gasteiger partial charge in [-0.15, -0.1) is 5.10 Å². The van der Waals surface area contributed by atoms with Crippen molar-refractivity contribution in [2.45, 2.75) is 12.5 Å². The topological polar surface area (TPSA) is 86.1 Å². The first kappa shape index (κ1) is 15.5. The molecule has 7 nitrogen and oxygen atoms in total. The van der Waals surface area contributed by atoms with Crippen LogP contribution in [0.3, 0.4) is 0 Å². The lowest BCUT2D eigenvalue weighted by molar-refractivity contribution is -0.139. The van der Waals surface area contributed by atoms with E-state index in [-0.39, 0.29) is 11.9 Å². The summed E-state index contributed by atoms with van der Waals surface area (Å²) in [6.45, 7) is 0.349. The fraction of sp³-hybridized carbons (Fsp3) is 0.176. The van der Waals surface area contributed by atoms with Crippen LogP contribution in [0.5, 0.6) is 0 Å². The van der Waals surface area contributed by atoms with E-state index in [9.17, 15) is 9.59 Å². The van der Waals surface area contributed by atoms with Crippen molar-refractivity contribution in [2.75, 3.05) is 6.61 Å². The van der Waals surface area contributed by atoms with E-state index < -0.39 is 6.04 Å². The maximum absolute atomic E-state index is 12.2. The van der Waals surface area contributed by atoms with Crippen LogP contribution >= 0.6 is 11.3 Å². The fourth-order valence-corrected chi connectivity index (χ4v) is 3.22. The van der Waals surface area contributed by atoms with Crippen molar-refractivity contribution >= 4 is 23.2 Å². The average Bonchev–Trinajstić information content (AvgIpc) is 3.37. The fourth-order valence-electron chi connectivity index (χ4n) is 2.57. The van der Waals surface area contributed by atoms with Gasteiger partial charge in [-0.3, -0.25) is 4.79 Å². The Balaban J connectivity index is 1.48. The summed E-state index contributed by atoms with van der Waals surface area (Å²) in [7, 11) is 0. The normalized spacial score (nSPS) is 16.6. The number of cyclic esters (lactones) is 1. The highest BCUT2D eigenvalue weighted by Gasteiger charge is 2.28. The first-order chi connectivity index (χ1) is 12.2. The number of carbonyl (C=O) groups is 2. The maximum atomic E-state index is 12.2. The number of amides is 1. The van der Waals surface area contributed by atoms with Gasteiger partial charge in [0.1, 0.15) is 11.7 Å². The number of hydrogen-bond donors (Lipinski definition) is 1. The second kappa shape index (κ2) is 6.48. The minimum Gasteiger partial charge on any atom is -0.464 e. The van der Waals surface area contributed by atoms with E-state index in [0.717, 1.165) is 16.9 Å². The van der Waals surface area contributed by atoms with E-state index >= 15 is 0 Å². The Hall–Kier alpha value is -3.00. The van der Waals surface area contributed by atoms with Gasteiger partial charge < -0.3 is 10.1 Å². The lowest BCUT2D eigenvalue weighted by atomic mass is 10.1. The van der Waals surface area contributed by atoms with Crippen molar-refractivity contribution in [2.24, 2.45) is 0 Å². The molecule has 1 aromatic carbocycles. The molecule has 126 valence electrons. The zero-order valence-electron chi connectivity index (χ0n) is 13.1. The van der Waals surface area contributed by atoms with Gasteiger partial charge in [-0.1, -0.05) is 5.21 Å². The van der Waals surface area contributed by atoms with E-state index in [2.05, 4.69) is 15.6 Å². The van der Waals surface area contributed by atoms with Crippen LogP contribution in [0.15, 0.2) is 47.3 Å². The molecule has 2 aromatic heterocycles. The summed E-state index contributed by atoms with van der Waals surface area (Å²) in [4.78, 5) is 23.6. The minimum absolute atomic E-state index is 0.298. The van der Waals surface area contributed by atoms with Gasteiger partial charge in [-0.05, 0) is 35.7 Å². The molecule has 4 rings (SSSR count). The molecule has 0 radical (unpaired) electrons. The Morgan fingerprint density at radius 2 is 2.12 bits per heavy atom. The summed E-state index contributed by atoms with van der Waals surface area (Å²) in [5.41, 5.74) is 3.09. The van der Waals surface area contributed by atoms with Gasteiger partial charge in [0.2, 0.25) is 0 Å². The van der Waals surface area contributed by atoms with Gasteiger partial charge in [0.25, 0.3) is 5.91 Å². The molecule has 1 saturated heterocycles. The van der Waals surface area contributed by atoms with Crippen molar-refractivity contribution in [3.05, 3.63) is 52.9 Å². The number of nitrogens with one attached hydrogen (secondary N) is 1. The molecule has 8 heteroatoms. The van der Waals surface area contributed by atoms with Crippen molar-refractivity contribution in [3.63, 3.8) is 0 Å². The Morgan fingerprint density at radius 1 is 1.28 bits per heavy atom. The number of hydrogen-bond acceptors (Lipinski definition) is 6. The molecule has 0 spiro atoms. The van der Waals surface area contributed by atoms with Crippen LogP contribution in [0.1, 0.15) is 16.8 Å². The van der Waals surface area contributed by atoms with E-state index in [0.29, 0.717) is 18.6 Å². The van der Waals surface area contributed by atoms with Gasteiger partial charge in [-0.25, -0.2) is 9.48 Å². The van der Waals surface area contributed by atoms with Crippen molar-refractivity contribution in [1.82, 2.24) is 20.3 Å². The molecule has 0 bridgehead atoms. The summed E-state index contributed by atoms with van der Waals surface area (Å²) >= 11 is 1.60. The highest BCUT2D eigenvalue weighted by Crippen LogP contribution is 2.20. The third-order valence-electron chi connectivity index (χ3n) is 3.95. The molecule has 1 fully saturated rings. The number of benzene rings is 1. The summed E-state index contributed by atoms with van der Waals surface area (Å²) in [5, 5.41) is 15.0. The Bertz CT molecular complexity index is 902. The summed E-state index contributed by atoms with van der Waals surface area (Å²) in [5.74, 6) is -0.679. The number of rotatable bonds is 4. The van der Waals surface area contributed by atoms with Crippen LogP contribution in [0.4, 0.5) is 0 Å². The molecule has 25 heavy (non-hydrogen) atoms. The van der Waals surface area contributed by atoms with Gasteiger partial charge in [0, 0.05) is 22.9 Å². The predicted octanol–water partition coefficient (Wildman–Crippen LogP) is 2.04. The molecule has 0 saturated carbocycles. The van der Waals surface area contributed by atoms with E-state index in [1.54, 1.807) is 40.3 Å². The summed E-state index contributed by atoms with van der Waals surface area (Å²) in [6.07, 6.45) is 2.35. The highest BCUT2D eigenvalue weighted by molar-refractivity contribution is 7.08. The van der Waals surface area contributed by atoms with Gasteiger partial charge >= 0.3 is 5.97 Å². The van der Waals surface area contributed by atoms with Gasteiger partial charge in [0.15, 0.2) is 0 Å². The molecule has 0 unspecified atom stereocenters. The molecule has 1 aliphatic rings. The first-order valence-corrected chi connectivity index (χ1v) is 8.68. The van der Waals surface area contributed by atoms with E-state index in [1.165, 1.54) is 0 Å². The summed E-state index contributed by atoms with van der Waals surface area (Å²) in [6, 6.07) is 8.38. The Labute approximate surface area is 147 Å². The molecule has 1 N–H and O–H groups in total. The third kappa shape index (κ3) is 3.16. The average molecular weight is 354 g/mol. The number of esters is 1. The monoisotopic (exact) mass is 354 g/mol. The van der Waals surface area contributed by atoms with Crippen molar-refractivity contribution < 1.29 is 14.3 Å².